The molecule has 0 radical (unpaired) electrons. The van der Waals surface area contributed by atoms with Gasteiger partial charge in [0, 0.05) is 28.9 Å². The number of ether oxygens (including phenoxy) is 1. The van der Waals surface area contributed by atoms with Crippen molar-refractivity contribution in [2.75, 3.05) is 32.8 Å². The Morgan fingerprint density at radius 3 is 2.48 bits per heavy atom. The number of benzene rings is 2. The van der Waals surface area contributed by atoms with E-state index in [-0.39, 0.29) is 12.5 Å². The average molecular weight is 359 g/mol. The van der Waals surface area contributed by atoms with Crippen LogP contribution in [0, 0.1) is 11.8 Å². The van der Waals surface area contributed by atoms with Crippen molar-refractivity contribution in [3.63, 3.8) is 0 Å². The normalized spacial score (nSPS) is 23.3. The summed E-state index contributed by atoms with van der Waals surface area (Å²) >= 11 is 6.24. The van der Waals surface area contributed by atoms with Gasteiger partial charge in [0.15, 0.2) is 6.61 Å². The first-order valence-corrected chi connectivity index (χ1v) is 9.38. The molecule has 2 aromatic carbocycles. The molecule has 1 N–H and O–H groups in total. The quantitative estimate of drug-likeness (QED) is 0.915. The molecule has 2 heterocycles. The van der Waals surface area contributed by atoms with Crippen LogP contribution >= 0.6 is 11.6 Å². The van der Waals surface area contributed by atoms with Gasteiger partial charge in [0.25, 0.3) is 5.91 Å². The van der Waals surface area contributed by atoms with E-state index in [0.29, 0.717) is 10.8 Å². The van der Waals surface area contributed by atoms with Crippen LogP contribution in [0.1, 0.15) is 12.8 Å². The summed E-state index contributed by atoms with van der Waals surface area (Å²) in [5.74, 6) is 2.23. The Balaban J connectivity index is 1.41. The maximum Gasteiger partial charge on any atom is 0.260 e. The van der Waals surface area contributed by atoms with Gasteiger partial charge in [0.05, 0.1) is 0 Å². The molecule has 2 aliphatic heterocycles. The number of likely N-dealkylation sites (tertiary alicyclic amines) is 1. The SMILES string of the molecule is O=C(COc1ccc(Cl)c2ccccc12)N1CC[C@@H]2CNC[C@@H]2CC1. The van der Waals surface area contributed by atoms with Crippen molar-refractivity contribution < 1.29 is 9.53 Å². The van der Waals surface area contributed by atoms with Crippen molar-refractivity contribution >= 4 is 28.3 Å². The van der Waals surface area contributed by atoms with Crippen LogP contribution in [0.2, 0.25) is 5.02 Å². The maximum absolute atomic E-state index is 12.6. The van der Waals surface area contributed by atoms with Gasteiger partial charge >= 0.3 is 0 Å². The first kappa shape index (κ1) is 16.7. The summed E-state index contributed by atoms with van der Waals surface area (Å²) in [5.41, 5.74) is 0. The summed E-state index contributed by atoms with van der Waals surface area (Å²) in [6.07, 6.45) is 2.18. The Morgan fingerprint density at radius 2 is 1.76 bits per heavy atom. The van der Waals surface area contributed by atoms with Gasteiger partial charge in [0.2, 0.25) is 0 Å². The Morgan fingerprint density at radius 1 is 1.08 bits per heavy atom. The smallest absolute Gasteiger partial charge is 0.260 e. The fraction of sp³-hybridized carbons (Fsp3) is 0.450. The number of hydrogen-bond donors (Lipinski definition) is 1. The van der Waals surface area contributed by atoms with Crippen molar-refractivity contribution in [1.29, 1.82) is 0 Å². The summed E-state index contributed by atoms with van der Waals surface area (Å²) in [4.78, 5) is 14.6. The molecular weight excluding hydrogens is 336 g/mol. The molecule has 2 fully saturated rings. The number of hydrogen-bond acceptors (Lipinski definition) is 3. The number of rotatable bonds is 3. The molecule has 4 nitrogen and oxygen atoms in total. The van der Waals surface area contributed by atoms with Crippen LogP contribution < -0.4 is 10.1 Å². The molecular formula is C20H23ClN2O2. The topological polar surface area (TPSA) is 41.6 Å². The van der Waals surface area contributed by atoms with E-state index in [2.05, 4.69) is 5.32 Å². The highest BCUT2D eigenvalue weighted by Gasteiger charge is 2.31. The monoisotopic (exact) mass is 358 g/mol. The first-order valence-electron chi connectivity index (χ1n) is 9.01. The van der Waals surface area contributed by atoms with Crippen molar-refractivity contribution in [1.82, 2.24) is 10.2 Å². The van der Waals surface area contributed by atoms with Crippen molar-refractivity contribution in [2.45, 2.75) is 12.8 Å². The van der Waals surface area contributed by atoms with Crippen LogP contribution in [0.25, 0.3) is 10.8 Å². The minimum atomic E-state index is 0.0759. The van der Waals surface area contributed by atoms with E-state index in [1.54, 1.807) is 0 Å². The molecule has 4 rings (SSSR count). The predicted molar refractivity (Wildman–Crippen MR) is 100 cm³/mol. The number of carbonyl (C=O) groups is 1. The van der Waals surface area contributed by atoms with Crippen LogP contribution in [0.15, 0.2) is 36.4 Å². The second-order valence-electron chi connectivity index (χ2n) is 7.02. The lowest BCUT2D eigenvalue weighted by Crippen LogP contribution is -2.36. The van der Waals surface area contributed by atoms with Crippen molar-refractivity contribution in [3.05, 3.63) is 41.4 Å². The third kappa shape index (κ3) is 3.46. The van der Waals surface area contributed by atoms with Gasteiger partial charge in [-0.1, -0.05) is 35.9 Å². The Bertz CT molecular complexity index is 765. The molecule has 2 saturated heterocycles. The number of nitrogens with one attached hydrogen (secondary N) is 1. The van der Waals surface area contributed by atoms with Crippen LogP contribution in [0.3, 0.4) is 0 Å². The largest absolute Gasteiger partial charge is 0.483 e. The second kappa shape index (κ2) is 7.22. The van der Waals surface area contributed by atoms with Crippen molar-refractivity contribution in [2.24, 2.45) is 11.8 Å². The molecule has 2 aromatic rings. The molecule has 0 aromatic heterocycles. The van der Waals surface area contributed by atoms with Gasteiger partial charge < -0.3 is 15.0 Å². The molecule has 0 saturated carbocycles. The summed E-state index contributed by atoms with van der Waals surface area (Å²) in [6, 6.07) is 11.5. The van der Waals surface area contributed by atoms with Crippen LogP contribution in [-0.2, 0) is 4.79 Å². The molecule has 132 valence electrons. The Labute approximate surface area is 153 Å². The molecule has 0 unspecified atom stereocenters. The van der Waals surface area contributed by atoms with Crippen LogP contribution in [0.5, 0.6) is 5.75 Å². The van der Waals surface area contributed by atoms with E-state index in [4.69, 9.17) is 16.3 Å². The summed E-state index contributed by atoms with van der Waals surface area (Å²) in [6.45, 7) is 3.96. The molecule has 25 heavy (non-hydrogen) atoms. The molecule has 2 aliphatic rings. The number of fused-ring (bicyclic) bond motifs is 2. The van der Waals surface area contributed by atoms with E-state index in [0.717, 1.165) is 61.6 Å². The number of halogens is 1. The molecule has 2 atom stereocenters. The zero-order valence-electron chi connectivity index (χ0n) is 14.2. The standard InChI is InChI=1S/C20H23ClN2O2/c21-18-5-6-19(17-4-2-1-3-16(17)18)25-13-20(24)23-9-7-14-11-22-12-15(14)8-10-23/h1-6,14-15,22H,7-13H2/t14-,15+. The second-order valence-corrected chi connectivity index (χ2v) is 7.42. The molecule has 0 bridgehead atoms. The van der Waals surface area contributed by atoms with Gasteiger partial charge in [-0.2, -0.15) is 0 Å². The highest BCUT2D eigenvalue weighted by molar-refractivity contribution is 6.35. The Kier molecular flexibility index (Phi) is 4.82. The highest BCUT2D eigenvalue weighted by atomic mass is 35.5. The van der Waals surface area contributed by atoms with Gasteiger partial charge in [-0.15, -0.1) is 0 Å². The Hall–Kier alpha value is -1.78. The lowest BCUT2D eigenvalue weighted by atomic mass is 9.92. The lowest BCUT2D eigenvalue weighted by Gasteiger charge is -2.21. The van der Waals surface area contributed by atoms with E-state index in [9.17, 15) is 4.79 Å². The van der Waals surface area contributed by atoms with E-state index < -0.39 is 0 Å². The summed E-state index contributed by atoms with van der Waals surface area (Å²) in [7, 11) is 0. The lowest BCUT2D eigenvalue weighted by molar-refractivity contribution is -0.133. The van der Waals surface area contributed by atoms with E-state index in [1.807, 2.05) is 41.3 Å². The minimum absolute atomic E-state index is 0.0759. The summed E-state index contributed by atoms with van der Waals surface area (Å²) < 4.78 is 5.86. The zero-order chi connectivity index (χ0) is 17.2. The van der Waals surface area contributed by atoms with Crippen LogP contribution in [0.4, 0.5) is 0 Å². The average Bonchev–Trinajstić information content (AvgIpc) is 2.99. The highest BCUT2D eigenvalue weighted by Crippen LogP contribution is 2.31. The summed E-state index contributed by atoms with van der Waals surface area (Å²) in [5, 5.41) is 6.05. The third-order valence-corrected chi connectivity index (χ3v) is 5.88. The number of amides is 1. The van der Waals surface area contributed by atoms with Gasteiger partial charge in [-0.25, -0.2) is 0 Å². The molecule has 0 aliphatic carbocycles. The zero-order valence-corrected chi connectivity index (χ0v) is 15.0. The minimum Gasteiger partial charge on any atom is -0.483 e. The molecule has 5 heteroatoms. The van der Waals surface area contributed by atoms with Crippen molar-refractivity contribution in [3.8, 4) is 5.75 Å². The van der Waals surface area contributed by atoms with E-state index in [1.165, 1.54) is 0 Å². The maximum atomic E-state index is 12.6. The van der Waals surface area contributed by atoms with Gasteiger partial charge in [-0.3, -0.25) is 4.79 Å². The van der Waals surface area contributed by atoms with Gasteiger partial charge in [0.1, 0.15) is 5.75 Å². The van der Waals surface area contributed by atoms with E-state index >= 15 is 0 Å². The molecule has 1 amide bonds. The number of nitrogens with zero attached hydrogens (tertiary/aromatic N) is 1. The fourth-order valence-corrected chi connectivity index (χ4v) is 4.29. The first-order chi connectivity index (χ1) is 12.2. The predicted octanol–water partition coefficient (Wildman–Crippen LogP) is 3.33. The molecule has 0 spiro atoms. The number of carbonyl (C=O) groups excluding carboxylic acids is 1. The van der Waals surface area contributed by atoms with Crippen LogP contribution in [-0.4, -0.2) is 43.6 Å². The van der Waals surface area contributed by atoms with Gasteiger partial charge in [-0.05, 0) is 49.9 Å². The fourth-order valence-electron chi connectivity index (χ4n) is 4.06. The third-order valence-electron chi connectivity index (χ3n) is 5.55.